The van der Waals surface area contributed by atoms with Gasteiger partial charge in [0.1, 0.15) is 6.61 Å². The molecule has 3 aliphatic rings. The Morgan fingerprint density at radius 1 is 1.03 bits per heavy atom. The summed E-state index contributed by atoms with van der Waals surface area (Å²) >= 11 is 0. The van der Waals surface area contributed by atoms with Crippen LogP contribution >= 0.6 is 0 Å². The van der Waals surface area contributed by atoms with Gasteiger partial charge in [0.2, 0.25) is 5.91 Å². The molecule has 0 saturated heterocycles. The highest BCUT2D eigenvalue weighted by Crippen LogP contribution is 2.45. The number of carbonyl (C=O) groups excluding carboxylic acids is 2. The fourth-order valence-corrected chi connectivity index (χ4v) is 5.07. The van der Waals surface area contributed by atoms with Crippen molar-refractivity contribution in [2.75, 3.05) is 13.7 Å². The average molecular weight is 449 g/mol. The molecule has 0 spiro atoms. The highest BCUT2D eigenvalue weighted by molar-refractivity contribution is 5.81. The van der Waals surface area contributed by atoms with Gasteiger partial charge in [-0.25, -0.2) is 4.79 Å². The lowest BCUT2D eigenvalue weighted by atomic mass is 9.79. The molecule has 2 amide bonds. The molecule has 0 bridgehead atoms. The first-order chi connectivity index (χ1) is 15.9. The van der Waals surface area contributed by atoms with Gasteiger partial charge in [0.25, 0.3) is 0 Å². The molecular weight excluding hydrogens is 420 g/mol. The van der Waals surface area contributed by atoms with Gasteiger partial charge in [-0.3, -0.25) is 9.59 Å². The van der Waals surface area contributed by atoms with Crippen LogP contribution in [-0.4, -0.2) is 53.2 Å². The minimum absolute atomic E-state index is 0.00753. The van der Waals surface area contributed by atoms with Crippen molar-refractivity contribution in [3.05, 3.63) is 59.7 Å². The summed E-state index contributed by atoms with van der Waals surface area (Å²) in [6.45, 7) is 0.239. The van der Waals surface area contributed by atoms with Gasteiger partial charge < -0.3 is 20.1 Å². The first-order valence-electron chi connectivity index (χ1n) is 11.5. The molecular formula is C26H28N2O5. The molecule has 3 aliphatic carbocycles. The van der Waals surface area contributed by atoms with E-state index in [0.29, 0.717) is 12.8 Å². The number of fused-ring (bicyclic) bond motifs is 3. The van der Waals surface area contributed by atoms with Crippen LogP contribution in [0.1, 0.15) is 49.1 Å². The number of hydrogen-bond donors (Lipinski definition) is 2. The third-order valence-electron chi connectivity index (χ3n) is 7.46. The Balaban J connectivity index is 1.16. The van der Waals surface area contributed by atoms with Gasteiger partial charge in [0.15, 0.2) is 0 Å². The molecule has 33 heavy (non-hydrogen) atoms. The van der Waals surface area contributed by atoms with Gasteiger partial charge in [-0.15, -0.1) is 0 Å². The van der Waals surface area contributed by atoms with E-state index in [2.05, 4.69) is 29.6 Å². The maximum absolute atomic E-state index is 12.7. The van der Waals surface area contributed by atoms with E-state index in [1.807, 2.05) is 24.3 Å². The second-order valence-electron chi connectivity index (χ2n) is 9.57. The quantitative estimate of drug-likeness (QED) is 0.672. The zero-order chi connectivity index (χ0) is 23.2. The molecule has 0 atom stereocenters. The van der Waals surface area contributed by atoms with Crippen molar-refractivity contribution in [3.63, 3.8) is 0 Å². The molecule has 0 aliphatic heterocycles. The third kappa shape index (κ3) is 4.08. The third-order valence-corrected chi connectivity index (χ3v) is 7.46. The summed E-state index contributed by atoms with van der Waals surface area (Å²) in [6.07, 6.45) is 2.16. The Morgan fingerprint density at radius 2 is 1.61 bits per heavy atom. The first-order valence-corrected chi connectivity index (χ1v) is 11.5. The number of benzene rings is 2. The zero-order valence-electron chi connectivity index (χ0n) is 18.6. The summed E-state index contributed by atoms with van der Waals surface area (Å²) in [7, 11) is 1.72. The number of carboxylic acids is 1. The number of hydrogen-bond acceptors (Lipinski definition) is 4. The zero-order valence-corrected chi connectivity index (χ0v) is 18.6. The maximum atomic E-state index is 12.7. The topological polar surface area (TPSA) is 95.9 Å². The van der Waals surface area contributed by atoms with Gasteiger partial charge >= 0.3 is 12.1 Å². The Hall–Kier alpha value is -3.35. The van der Waals surface area contributed by atoms with Crippen molar-refractivity contribution in [2.45, 2.75) is 49.6 Å². The number of amides is 2. The minimum atomic E-state index is -0.803. The van der Waals surface area contributed by atoms with Crippen molar-refractivity contribution < 1.29 is 24.2 Å². The molecule has 5 rings (SSSR count). The van der Waals surface area contributed by atoms with E-state index < -0.39 is 17.6 Å². The van der Waals surface area contributed by atoms with E-state index in [4.69, 9.17) is 9.84 Å². The van der Waals surface area contributed by atoms with Crippen LogP contribution in [0, 0.1) is 5.92 Å². The molecule has 172 valence electrons. The lowest BCUT2D eigenvalue weighted by Gasteiger charge is -2.39. The van der Waals surface area contributed by atoms with Gasteiger partial charge in [0.05, 0.1) is 17.9 Å². The van der Waals surface area contributed by atoms with E-state index in [9.17, 15) is 14.4 Å². The predicted octanol–water partition coefficient (Wildman–Crippen LogP) is 3.77. The minimum Gasteiger partial charge on any atom is -0.481 e. The van der Waals surface area contributed by atoms with E-state index in [1.165, 1.54) is 11.1 Å². The molecule has 2 aromatic rings. The van der Waals surface area contributed by atoms with Crippen molar-refractivity contribution in [1.82, 2.24) is 10.2 Å². The lowest BCUT2D eigenvalue weighted by molar-refractivity contribution is -0.150. The maximum Gasteiger partial charge on any atom is 0.407 e. The number of carbonyl (C=O) groups is 3. The van der Waals surface area contributed by atoms with Crippen LogP contribution in [-0.2, 0) is 14.3 Å². The van der Waals surface area contributed by atoms with Crippen molar-refractivity contribution in [1.29, 1.82) is 0 Å². The Bertz CT molecular complexity index is 1060. The van der Waals surface area contributed by atoms with Gasteiger partial charge in [-0.05, 0) is 47.9 Å². The fourth-order valence-electron chi connectivity index (χ4n) is 5.07. The molecule has 0 aromatic heterocycles. The Kier molecular flexibility index (Phi) is 5.35. The summed E-state index contributed by atoms with van der Waals surface area (Å²) in [5.41, 5.74) is 4.12. The van der Waals surface area contributed by atoms with E-state index >= 15 is 0 Å². The molecule has 2 aromatic carbocycles. The summed E-state index contributed by atoms with van der Waals surface area (Å²) in [4.78, 5) is 38.0. The number of nitrogens with one attached hydrogen (secondary N) is 1. The van der Waals surface area contributed by atoms with E-state index in [1.54, 1.807) is 11.9 Å². The number of rotatable bonds is 7. The summed E-state index contributed by atoms with van der Waals surface area (Å²) in [5, 5.41) is 12.0. The first kappa shape index (κ1) is 21.5. The molecule has 0 unspecified atom stereocenters. The lowest BCUT2D eigenvalue weighted by Crippen LogP contribution is -2.50. The normalized spacial score (nSPS) is 21.8. The van der Waals surface area contributed by atoms with Crippen LogP contribution in [0.15, 0.2) is 48.5 Å². The van der Waals surface area contributed by atoms with E-state index in [-0.39, 0.29) is 36.8 Å². The second kappa shape index (κ2) is 8.21. The molecule has 7 nitrogen and oxygen atoms in total. The number of alkyl carbamates (subject to hydrolysis) is 1. The average Bonchev–Trinajstić information content (AvgIpc) is 3.43. The second-order valence-corrected chi connectivity index (χ2v) is 9.57. The molecule has 7 heteroatoms. The molecule has 2 N–H and O–H groups in total. The van der Waals surface area contributed by atoms with Crippen molar-refractivity contribution in [2.24, 2.45) is 5.92 Å². The molecule has 2 saturated carbocycles. The summed E-state index contributed by atoms with van der Waals surface area (Å²) in [6, 6.07) is 16.3. The van der Waals surface area contributed by atoms with Crippen LogP contribution in [0.3, 0.4) is 0 Å². The number of aliphatic carboxylic acids is 1. The van der Waals surface area contributed by atoms with E-state index in [0.717, 1.165) is 24.0 Å². The summed E-state index contributed by atoms with van der Waals surface area (Å²) < 4.78 is 5.64. The standard InChI is InChI=1S/C26H28N2O5/c1-28(17-12-16(13-17)24(30)31)23(29)14-26(10-11-26)27-25(32)33-15-22-20-8-4-2-6-18(20)19-7-3-5-9-21(19)22/h2-9,16-17,22H,10-15H2,1H3,(H,27,32)(H,30,31). The van der Waals surface area contributed by atoms with Crippen LogP contribution < -0.4 is 5.32 Å². The number of carboxylic acid groups (broad SMARTS) is 1. The molecule has 0 radical (unpaired) electrons. The van der Waals surface area contributed by atoms with Gasteiger partial charge in [0, 0.05) is 19.0 Å². The van der Waals surface area contributed by atoms with Crippen LogP contribution in [0.25, 0.3) is 11.1 Å². The number of nitrogens with zero attached hydrogens (tertiary/aromatic N) is 1. The molecule has 2 fully saturated rings. The highest BCUT2D eigenvalue weighted by atomic mass is 16.5. The van der Waals surface area contributed by atoms with Crippen LogP contribution in [0.2, 0.25) is 0 Å². The molecule has 0 heterocycles. The SMILES string of the molecule is CN(C(=O)CC1(NC(=O)OCC2c3ccccc3-c3ccccc32)CC1)C1CC(C(=O)O)C1. The highest BCUT2D eigenvalue weighted by Gasteiger charge is 2.48. The van der Waals surface area contributed by atoms with Gasteiger partial charge in [-0.1, -0.05) is 48.5 Å². The predicted molar refractivity (Wildman–Crippen MR) is 122 cm³/mol. The van der Waals surface area contributed by atoms with Crippen LogP contribution in [0.4, 0.5) is 4.79 Å². The monoisotopic (exact) mass is 448 g/mol. The van der Waals surface area contributed by atoms with Crippen LogP contribution in [0.5, 0.6) is 0 Å². The Labute approximate surface area is 192 Å². The van der Waals surface area contributed by atoms with Crippen molar-refractivity contribution >= 4 is 18.0 Å². The Morgan fingerprint density at radius 3 is 2.15 bits per heavy atom. The van der Waals surface area contributed by atoms with Gasteiger partial charge in [-0.2, -0.15) is 0 Å². The smallest absolute Gasteiger partial charge is 0.407 e. The largest absolute Gasteiger partial charge is 0.481 e. The van der Waals surface area contributed by atoms with Crippen molar-refractivity contribution in [3.8, 4) is 11.1 Å². The number of ether oxygens (including phenoxy) is 1. The summed E-state index contributed by atoms with van der Waals surface area (Å²) in [5.74, 6) is -1.24. The fraction of sp³-hybridized carbons (Fsp3) is 0.423.